The zero-order valence-electron chi connectivity index (χ0n) is 19.7. The second kappa shape index (κ2) is 7.82. The molecule has 0 radical (unpaired) electrons. The molecular weight excluding hydrogens is 495 g/mol. The van der Waals surface area contributed by atoms with Gasteiger partial charge in [-0.25, -0.2) is 9.97 Å². The van der Waals surface area contributed by atoms with Crippen LogP contribution in [0.4, 0.5) is 10.2 Å². The van der Waals surface area contributed by atoms with Crippen LogP contribution in [0.3, 0.4) is 0 Å². The Hall–Kier alpha value is -3.85. The summed E-state index contributed by atoms with van der Waals surface area (Å²) in [6.07, 6.45) is 10.5. The Morgan fingerprint density at radius 1 is 1.22 bits per heavy atom. The van der Waals surface area contributed by atoms with Crippen LogP contribution in [0.5, 0.6) is 0 Å². The number of amides is 1. The SMILES string of the molecule is Nc1ccc(-c2cnc(C3CN4C(=O)CC5(CC5)C4C4=C3C3=CC(=O)C=C/C3=C(\Cl)C=NC4)[nH]2)c(F)n1. The van der Waals surface area contributed by atoms with Crippen molar-refractivity contribution in [3.05, 3.63) is 75.7 Å². The summed E-state index contributed by atoms with van der Waals surface area (Å²) in [4.78, 5) is 44.0. The number of carbonyl (C=O) groups excluding carboxylic acids is 2. The molecule has 0 aromatic carbocycles. The third-order valence-electron chi connectivity index (χ3n) is 8.10. The number of H-pyrrole nitrogens is 1. The molecule has 2 unspecified atom stereocenters. The van der Waals surface area contributed by atoms with E-state index in [0.29, 0.717) is 41.6 Å². The topological polar surface area (TPSA) is 117 Å². The van der Waals surface area contributed by atoms with Gasteiger partial charge < -0.3 is 15.6 Å². The molecule has 2 aliphatic carbocycles. The Balaban J connectivity index is 1.42. The highest BCUT2D eigenvalue weighted by Gasteiger charge is 2.62. The lowest BCUT2D eigenvalue weighted by Crippen LogP contribution is -2.46. The quantitative estimate of drug-likeness (QED) is 0.591. The maximum absolute atomic E-state index is 14.6. The highest BCUT2D eigenvalue weighted by atomic mass is 35.5. The van der Waals surface area contributed by atoms with Crippen LogP contribution in [-0.2, 0) is 9.59 Å². The minimum absolute atomic E-state index is 0.0726. The zero-order valence-corrected chi connectivity index (χ0v) is 20.4. The van der Waals surface area contributed by atoms with Crippen molar-refractivity contribution in [2.75, 3.05) is 18.8 Å². The predicted octanol–water partition coefficient (Wildman–Crippen LogP) is 3.61. The number of fused-ring (bicyclic) bond motifs is 5. The number of rotatable bonds is 2. The molecule has 5 aliphatic rings. The summed E-state index contributed by atoms with van der Waals surface area (Å²) in [6, 6.07) is 3.01. The Labute approximate surface area is 216 Å². The summed E-state index contributed by atoms with van der Waals surface area (Å²) < 4.78 is 14.6. The highest BCUT2D eigenvalue weighted by molar-refractivity contribution is 6.40. The molecule has 3 aliphatic heterocycles. The average Bonchev–Trinajstić information content (AvgIpc) is 3.35. The van der Waals surface area contributed by atoms with E-state index in [1.165, 1.54) is 12.1 Å². The molecular formula is C27H22ClFN6O2. The van der Waals surface area contributed by atoms with E-state index in [9.17, 15) is 14.0 Å². The standard InChI is InChI=1S/C27H22ClFN6O2/c28-19-10-31-9-17-23(16-7-13(36)1-2-14(16)19)18(12-35-22(37)8-27(5-6-27)24(17)35)26-32-11-20(33-26)15-3-4-21(30)34-25(15)29/h1-4,7,10-11,18,24H,5-6,8-9,12H2,(H2,30,34)(H,32,33)/b19-14+,31-10?. The van der Waals surface area contributed by atoms with Gasteiger partial charge in [-0.2, -0.15) is 4.39 Å². The van der Waals surface area contributed by atoms with Gasteiger partial charge in [-0.15, -0.1) is 0 Å². The van der Waals surface area contributed by atoms with Crippen molar-refractivity contribution < 1.29 is 14.0 Å². The number of ketones is 1. The Bertz CT molecular complexity index is 1560. The van der Waals surface area contributed by atoms with Crippen molar-refractivity contribution in [2.45, 2.75) is 31.2 Å². The first-order valence-corrected chi connectivity index (χ1v) is 12.6. The molecule has 2 fully saturated rings. The smallest absolute Gasteiger partial charge is 0.224 e. The molecule has 5 heterocycles. The van der Waals surface area contributed by atoms with E-state index in [-0.39, 0.29) is 40.4 Å². The summed E-state index contributed by atoms with van der Waals surface area (Å²) in [5, 5.41) is 0.446. The van der Waals surface area contributed by atoms with Gasteiger partial charge in [0.1, 0.15) is 11.6 Å². The lowest BCUT2D eigenvalue weighted by Gasteiger charge is -2.42. The number of hydrogen-bond donors (Lipinski definition) is 2. The molecule has 1 amide bonds. The third kappa shape index (κ3) is 3.37. The molecule has 2 atom stereocenters. The largest absolute Gasteiger partial charge is 0.384 e. The molecule has 8 nitrogen and oxygen atoms in total. The number of nitrogens with two attached hydrogens (primary N) is 1. The first-order chi connectivity index (χ1) is 17.8. The van der Waals surface area contributed by atoms with Crippen molar-refractivity contribution in [2.24, 2.45) is 10.4 Å². The number of allylic oxidation sites excluding steroid dienone is 6. The Morgan fingerprint density at radius 2 is 2.05 bits per heavy atom. The van der Waals surface area contributed by atoms with Crippen LogP contribution < -0.4 is 5.73 Å². The fourth-order valence-electron chi connectivity index (χ4n) is 6.31. The van der Waals surface area contributed by atoms with Crippen LogP contribution >= 0.6 is 11.6 Å². The molecule has 2 aromatic heterocycles. The molecule has 7 rings (SSSR count). The maximum atomic E-state index is 14.6. The van der Waals surface area contributed by atoms with Gasteiger partial charge in [0.2, 0.25) is 11.9 Å². The number of carbonyl (C=O) groups is 2. The van der Waals surface area contributed by atoms with Crippen LogP contribution in [0.2, 0.25) is 0 Å². The molecule has 3 N–H and O–H groups in total. The normalized spacial score (nSPS) is 27.6. The summed E-state index contributed by atoms with van der Waals surface area (Å²) in [5.41, 5.74) is 9.61. The van der Waals surface area contributed by atoms with Crippen molar-refractivity contribution in [1.82, 2.24) is 19.9 Å². The van der Waals surface area contributed by atoms with Gasteiger partial charge in [0.15, 0.2) is 5.78 Å². The van der Waals surface area contributed by atoms with Crippen LogP contribution in [-0.4, -0.2) is 56.9 Å². The number of pyridine rings is 1. The minimum atomic E-state index is -0.702. The average molecular weight is 517 g/mol. The van der Waals surface area contributed by atoms with Crippen molar-refractivity contribution in [3.8, 4) is 11.3 Å². The van der Waals surface area contributed by atoms with Gasteiger partial charge in [-0.05, 0) is 59.9 Å². The predicted molar refractivity (Wildman–Crippen MR) is 136 cm³/mol. The fraction of sp³-hybridized carbons (Fsp3) is 0.296. The molecule has 2 aromatic rings. The van der Waals surface area contributed by atoms with E-state index in [1.54, 1.807) is 30.6 Å². The van der Waals surface area contributed by atoms with Gasteiger partial charge in [0, 0.05) is 30.2 Å². The lowest BCUT2D eigenvalue weighted by atomic mass is 9.74. The van der Waals surface area contributed by atoms with Gasteiger partial charge in [0.25, 0.3) is 0 Å². The van der Waals surface area contributed by atoms with Crippen LogP contribution in [0.25, 0.3) is 11.3 Å². The molecule has 186 valence electrons. The second-order valence-electron chi connectivity index (χ2n) is 10.3. The van der Waals surface area contributed by atoms with Gasteiger partial charge in [-0.3, -0.25) is 14.6 Å². The van der Waals surface area contributed by atoms with E-state index in [1.807, 2.05) is 4.90 Å². The van der Waals surface area contributed by atoms with Crippen molar-refractivity contribution in [3.63, 3.8) is 0 Å². The van der Waals surface area contributed by atoms with Crippen LogP contribution in [0, 0.1) is 11.4 Å². The first-order valence-electron chi connectivity index (χ1n) is 12.2. The van der Waals surface area contributed by atoms with E-state index in [2.05, 4.69) is 19.9 Å². The third-order valence-corrected chi connectivity index (χ3v) is 8.40. The number of aromatic nitrogens is 3. The molecule has 1 saturated carbocycles. The summed E-state index contributed by atoms with van der Waals surface area (Å²) in [5.74, 6) is -0.456. The molecule has 1 spiro atoms. The first kappa shape index (κ1) is 22.4. The highest BCUT2D eigenvalue weighted by Crippen LogP contribution is 2.62. The number of halogens is 2. The summed E-state index contributed by atoms with van der Waals surface area (Å²) >= 11 is 6.61. The van der Waals surface area contributed by atoms with Crippen LogP contribution in [0.15, 0.2) is 68.9 Å². The van der Waals surface area contributed by atoms with E-state index in [4.69, 9.17) is 17.3 Å². The number of hydrogen-bond acceptors (Lipinski definition) is 6. The van der Waals surface area contributed by atoms with E-state index < -0.39 is 5.95 Å². The molecule has 1 saturated heterocycles. The Kier molecular flexibility index (Phi) is 4.73. The number of nitrogens with one attached hydrogen (secondary N) is 1. The number of imidazole rings is 1. The number of anilines is 1. The molecule has 0 bridgehead atoms. The van der Waals surface area contributed by atoms with E-state index >= 15 is 0 Å². The van der Waals surface area contributed by atoms with Gasteiger partial charge in [0.05, 0.1) is 41.0 Å². The summed E-state index contributed by atoms with van der Waals surface area (Å²) in [7, 11) is 0. The Morgan fingerprint density at radius 3 is 2.84 bits per heavy atom. The van der Waals surface area contributed by atoms with E-state index in [0.717, 1.165) is 29.6 Å². The lowest BCUT2D eigenvalue weighted by molar-refractivity contribution is -0.129. The number of aromatic amines is 1. The van der Waals surface area contributed by atoms with Crippen molar-refractivity contribution >= 4 is 35.3 Å². The number of aliphatic imine (C=N–C) groups is 1. The second-order valence-corrected chi connectivity index (χ2v) is 10.7. The minimum Gasteiger partial charge on any atom is -0.384 e. The van der Waals surface area contributed by atoms with Gasteiger partial charge in [-0.1, -0.05) is 11.6 Å². The van der Waals surface area contributed by atoms with Crippen molar-refractivity contribution in [1.29, 1.82) is 0 Å². The number of nitrogen functional groups attached to an aromatic ring is 1. The molecule has 37 heavy (non-hydrogen) atoms. The fourth-order valence-corrected chi connectivity index (χ4v) is 6.55. The molecule has 10 heteroatoms. The van der Waals surface area contributed by atoms with Crippen LogP contribution in [0.1, 0.15) is 31.0 Å². The van der Waals surface area contributed by atoms with Gasteiger partial charge >= 0.3 is 0 Å². The maximum Gasteiger partial charge on any atom is 0.224 e. The monoisotopic (exact) mass is 516 g/mol. The summed E-state index contributed by atoms with van der Waals surface area (Å²) in [6.45, 7) is 0.758. The number of nitrogens with zero attached hydrogens (tertiary/aromatic N) is 4. The zero-order chi connectivity index (χ0) is 25.5.